The number of hydrogen-bond acceptors (Lipinski definition) is 1. The van der Waals surface area contributed by atoms with Crippen molar-refractivity contribution in [2.24, 2.45) is 0 Å². The first kappa shape index (κ1) is 36.8. The van der Waals surface area contributed by atoms with Crippen molar-refractivity contribution in [3.8, 4) is 61.3 Å². The van der Waals surface area contributed by atoms with Gasteiger partial charge in [-0.25, -0.2) is 0 Å². The maximum Gasteiger partial charge on any atom is 0.0561 e. The number of fused-ring (bicyclic) bond motifs is 3. The standard InChI is InChI=1S/C60H42N2/c1-6-18-43(19-7-1)45-30-32-46(33-31-45)49-35-39-58(56(40-49)48-24-12-4-13-25-48)62(59-41-50(44-20-8-2-9-21-44)34-37-53(59)47-22-10-3-11-23-47)52-36-38-55-54-28-16-17-29-57(54)61(60(55)42-52)51-26-14-5-15-27-51/h1-42H. The van der Waals surface area contributed by atoms with Crippen molar-refractivity contribution < 1.29 is 0 Å². The minimum Gasteiger partial charge on any atom is -0.309 e. The Kier molecular flexibility index (Phi) is 9.57. The molecule has 1 heterocycles. The fourth-order valence-corrected chi connectivity index (χ4v) is 9.00. The molecule has 0 radical (unpaired) electrons. The lowest BCUT2D eigenvalue weighted by Gasteiger charge is -2.31. The Balaban J connectivity index is 1.19. The van der Waals surface area contributed by atoms with E-state index in [4.69, 9.17) is 0 Å². The minimum absolute atomic E-state index is 1.07. The predicted octanol–water partition coefficient (Wildman–Crippen LogP) is 16.6. The van der Waals surface area contributed by atoms with Crippen LogP contribution in [0.4, 0.5) is 17.1 Å². The van der Waals surface area contributed by atoms with Crippen LogP contribution in [0.1, 0.15) is 0 Å². The molecule has 0 amide bonds. The second kappa shape index (κ2) is 16.1. The largest absolute Gasteiger partial charge is 0.309 e. The van der Waals surface area contributed by atoms with Gasteiger partial charge in [0.05, 0.1) is 22.4 Å². The Morgan fingerprint density at radius 1 is 0.258 bits per heavy atom. The molecule has 0 aliphatic rings. The molecule has 1 aromatic heterocycles. The first-order valence-electron chi connectivity index (χ1n) is 21.3. The zero-order valence-electron chi connectivity index (χ0n) is 34.1. The van der Waals surface area contributed by atoms with Crippen LogP contribution in [-0.2, 0) is 0 Å². The second-order valence-electron chi connectivity index (χ2n) is 15.7. The van der Waals surface area contributed by atoms with Gasteiger partial charge in [-0.2, -0.15) is 0 Å². The van der Waals surface area contributed by atoms with Gasteiger partial charge in [0.25, 0.3) is 0 Å². The highest BCUT2D eigenvalue weighted by atomic mass is 15.1. The molecule has 10 aromatic carbocycles. The Morgan fingerprint density at radius 2 is 0.710 bits per heavy atom. The Labute approximate surface area is 362 Å². The average molecular weight is 791 g/mol. The summed E-state index contributed by atoms with van der Waals surface area (Å²) in [5.74, 6) is 0. The molecule has 0 spiro atoms. The fourth-order valence-electron chi connectivity index (χ4n) is 9.00. The van der Waals surface area contributed by atoms with E-state index in [-0.39, 0.29) is 0 Å². The molecule has 0 saturated heterocycles. The molecule has 0 saturated carbocycles. The zero-order chi connectivity index (χ0) is 41.2. The molecule has 0 aliphatic carbocycles. The van der Waals surface area contributed by atoms with Crippen molar-refractivity contribution in [3.63, 3.8) is 0 Å². The van der Waals surface area contributed by atoms with Gasteiger partial charge in [0, 0.05) is 33.3 Å². The first-order chi connectivity index (χ1) is 30.8. The predicted molar refractivity (Wildman–Crippen MR) is 263 cm³/mol. The summed E-state index contributed by atoms with van der Waals surface area (Å²) in [5, 5.41) is 2.44. The summed E-state index contributed by atoms with van der Waals surface area (Å²) in [6.07, 6.45) is 0. The molecule has 0 fully saturated rings. The van der Waals surface area contributed by atoms with Crippen LogP contribution in [0, 0.1) is 0 Å². The topological polar surface area (TPSA) is 8.17 Å². The van der Waals surface area contributed by atoms with E-state index in [1.807, 2.05) is 0 Å². The third-order valence-corrected chi connectivity index (χ3v) is 12.0. The van der Waals surface area contributed by atoms with Gasteiger partial charge in [0.15, 0.2) is 0 Å². The van der Waals surface area contributed by atoms with Gasteiger partial charge >= 0.3 is 0 Å². The smallest absolute Gasteiger partial charge is 0.0561 e. The maximum atomic E-state index is 2.49. The summed E-state index contributed by atoms with van der Waals surface area (Å²) in [4.78, 5) is 2.49. The molecule has 0 bridgehead atoms. The van der Waals surface area contributed by atoms with Crippen LogP contribution in [0.3, 0.4) is 0 Å². The number of anilines is 3. The molecule has 62 heavy (non-hydrogen) atoms. The Hall–Kier alpha value is -8.20. The van der Waals surface area contributed by atoms with Gasteiger partial charge in [-0.15, -0.1) is 0 Å². The first-order valence-corrected chi connectivity index (χ1v) is 21.3. The van der Waals surface area contributed by atoms with Crippen molar-refractivity contribution in [2.75, 3.05) is 4.90 Å². The SMILES string of the molecule is c1ccc(-c2ccc(-c3ccc(N(c4ccc5c6ccccc6n(-c6ccccc6)c5c4)c4cc(-c5ccccc5)ccc4-c4ccccc4)c(-c4ccccc4)c3)cc2)cc1. The van der Waals surface area contributed by atoms with E-state index < -0.39 is 0 Å². The lowest BCUT2D eigenvalue weighted by Crippen LogP contribution is -2.13. The molecule has 2 nitrogen and oxygen atoms in total. The molecular formula is C60H42N2. The van der Waals surface area contributed by atoms with Gasteiger partial charge in [0.2, 0.25) is 0 Å². The van der Waals surface area contributed by atoms with Crippen molar-refractivity contribution >= 4 is 38.9 Å². The van der Waals surface area contributed by atoms with Crippen LogP contribution in [0.25, 0.3) is 83.1 Å². The summed E-state index contributed by atoms with van der Waals surface area (Å²) in [6.45, 7) is 0. The van der Waals surface area contributed by atoms with Crippen molar-refractivity contribution in [3.05, 3.63) is 255 Å². The summed E-state index contributed by atoms with van der Waals surface area (Å²) in [6, 6.07) is 92.3. The zero-order valence-corrected chi connectivity index (χ0v) is 34.1. The van der Waals surface area contributed by atoms with Crippen LogP contribution < -0.4 is 4.90 Å². The van der Waals surface area contributed by atoms with Crippen LogP contribution >= 0.6 is 0 Å². The van der Waals surface area contributed by atoms with Gasteiger partial charge in [-0.1, -0.05) is 206 Å². The number of hydrogen-bond donors (Lipinski definition) is 0. The number of nitrogens with zero attached hydrogens (tertiary/aromatic N) is 2. The van der Waals surface area contributed by atoms with Crippen molar-refractivity contribution in [1.29, 1.82) is 0 Å². The molecular weight excluding hydrogens is 749 g/mol. The number of benzene rings is 10. The highest BCUT2D eigenvalue weighted by Crippen LogP contribution is 2.48. The van der Waals surface area contributed by atoms with Crippen LogP contribution in [-0.4, -0.2) is 4.57 Å². The number of para-hydroxylation sites is 2. The van der Waals surface area contributed by atoms with Gasteiger partial charge < -0.3 is 9.47 Å². The van der Waals surface area contributed by atoms with Gasteiger partial charge in [-0.05, 0) is 93.0 Å². The van der Waals surface area contributed by atoms with Gasteiger partial charge in [0.1, 0.15) is 0 Å². The highest BCUT2D eigenvalue weighted by molar-refractivity contribution is 6.11. The molecule has 0 atom stereocenters. The maximum absolute atomic E-state index is 2.49. The van der Waals surface area contributed by atoms with Crippen LogP contribution in [0.5, 0.6) is 0 Å². The van der Waals surface area contributed by atoms with Crippen molar-refractivity contribution in [2.45, 2.75) is 0 Å². The van der Waals surface area contributed by atoms with E-state index in [1.54, 1.807) is 0 Å². The summed E-state index contributed by atoms with van der Waals surface area (Å²) < 4.78 is 2.41. The van der Waals surface area contributed by atoms with E-state index in [0.29, 0.717) is 0 Å². The molecule has 292 valence electrons. The summed E-state index contributed by atoms with van der Waals surface area (Å²) >= 11 is 0. The average Bonchev–Trinajstić information content (AvgIpc) is 3.69. The van der Waals surface area contributed by atoms with E-state index in [1.165, 1.54) is 38.5 Å². The van der Waals surface area contributed by atoms with E-state index >= 15 is 0 Å². The Bertz CT molecular complexity index is 3300. The normalized spacial score (nSPS) is 11.2. The summed E-state index contributed by atoms with van der Waals surface area (Å²) in [5.41, 5.74) is 18.4. The number of aromatic nitrogens is 1. The van der Waals surface area contributed by atoms with E-state index in [9.17, 15) is 0 Å². The molecule has 11 aromatic rings. The third-order valence-electron chi connectivity index (χ3n) is 12.0. The highest BCUT2D eigenvalue weighted by Gasteiger charge is 2.24. The van der Waals surface area contributed by atoms with E-state index in [0.717, 1.165) is 61.6 Å². The molecule has 0 N–H and O–H groups in total. The molecule has 2 heteroatoms. The molecule has 0 unspecified atom stereocenters. The fraction of sp³-hybridized carbons (Fsp3) is 0. The summed E-state index contributed by atoms with van der Waals surface area (Å²) in [7, 11) is 0. The second-order valence-corrected chi connectivity index (χ2v) is 15.7. The van der Waals surface area contributed by atoms with E-state index in [2.05, 4.69) is 264 Å². The number of rotatable bonds is 9. The third kappa shape index (κ3) is 6.84. The lowest BCUT2D eigenvalue weighted by molar-refractivity contribution is 1.18. The Morgan fingerprint density at radius 3 is 1.35 bits per heavy atom. The van der Waals surface area contributed by atoms with Crippen molar-refractivity contribution in [1.82, 2.24) is 4.57 Å². The molecule has 11 rings (SSSR count). The van der Waals surface area contributed by atoms with Crippen LogP contribution in [0.15, 0.2) is 255 Å². The van der Waals surface area contributed by atoms with Crippen LogP contribution in [0.2, 0.25) is 0 Å². The quantitative estimate of drug-likeness (QED) is 0.141. The van der Waals surface area contributed by atoms with Gasteiger partial charge in [-0.3, -0.25) is 0 Å². The minimum atomic E-state index is 1.07. The lowest BCUT2D eigenvalue weighted by atomic mass is 9.93. The monoisotopic (exact) mass is 790 g/mol. The molecule has 0 aliphatic heterocycles.